The van der Waals surface area contributed by atoms with Crippen molar-refractivity contribution in [3.05, 3.63) is 64.5 Å². The molecule has 3 aromatic rings. The summed E-state index contributed by atoms with van der Waals surface area (Å²) in [4.78, 5) is 20.2. The average molecular weight is 342 g/mol. The van der Waals surface area contributed by atoms with Gasteiger partial charge in [-0.1, -0.05) is 36.4 Å². The zero-order chi connectivity index (χ0) is 16.1. The van der Waals surface area contributed by atoms with E-state index in [1.807, 2.05) is 59.0 Å². The third kappa shape index (κ3) is 4.06. The van der Waals surface area contributed by atoms with E-state index in [9.17, 15) is 4.79 Å². The Bertz CT molecular complexity index is 750. The smallest absolute Gasteiger partial charge is 0.228 e. The van der Waals surface area contributed by atoms with Crippen molar-refractivity contribution >= 4 is 28.6 Å². The molecular weight excluding hydrogens is 324 g/mol. The molecule has 0 N–H and O–H groups in total. The number of amides is 1. The highest BCUT2D eigenvalue weighted by molar-refractivity contribution is 7.20. The third-order valence-corrected chi connectivity index (χ3v) is 5.50. The number of hydrogen-bond acceptors (Lipinski definition) is 4. The maximum absolute atomic E-state index is 12.5. The second kappa shape index (κ2) is 7.53. The van der Waals surface area contributed by atoms with Crippen molar-refractivity contribution in [2.45, 2.75) is 19.9 Å². The summed E-state index contributed by atoms with van der Waals surface area (Å²) in [6, 6.07) is 14.2. The van der Waals surface area contributed by atoms with Gasteiger partial charge >= 0.3 is 0 Å². The van der Waals surface area contributed by atoms with Gasteiger partial charge in [-0.3, -0.25) is 4.79 Å². The molecule has 0 saturated heterocycles. The first-order valence-corrected chi connectivity index (χ1v) is 9.32. The molecule has 2 heterocycles. The van der Waals surface area contributed by atoms with E-state index in [1.165, 1.54) is 0 Å². The Balaban J connectivity index is 1.65. The molecular formula is C18H18N2OS2. The Kier molecular flexibility index (Phi) is 5.20. The van der Waals surface area contributed by atoms with Gasteiger partial charge in [0, 0.05) is 18.5 Å². The molecule has 2 aromatic heterocycles. The van der Waals surface area contributed by atoms with Gasteiger partial charge in [-0.2, -0.15) is 0 Å². The molecule has 3 nitrogen and oxygen atoms in total. The predicted molar refractivity (Wildman–Crippen MR) is 96.7 cm³/mol. The highest BCUT2D eigenvalue weighted by Gasteiger charge is 2.15. The van der Waals surface area contributed by atoms with Crippen LogP contribution < -0.4 is 0 Å². The molecule has 0 saturated carbocycles. The molecule has 0 aliphatic carbocycles. The lowest BCUT2D eigenvalue weighted by Crippen LogP contribution is -2.31. The van der Waals surface area contributed by atoms with Crippen LogP contribution in [0.15, 0.2) is 53.2 Å². The maximum atomic E-state index is 12.5. The van der Waals surface area contributed by atoms with Crippen LogP contribution in [0, 0.1) is 0 Å². The molecule has 118 valence electrons. The lowest BCUT2D eigenvalue weighted by molar-refractivity contribution is -0.130. The van der Waals surface area contributed by atoms with Crippen LogP contribution in [0.3, 0.4) is 0 Å². The van der Waals surface area contributed by atoms with Crippen molar-refractivity contribution < 1.29 is 4.79 Å². The Labute approximate surface area is 144 Å². The normalized spacial score (nSPS) is 10.7. The summed E-state index contributed by atoms with van der Waals surface area (Å²) < 4.78 is 0. The Morgan fingerprint density at radius 1 is 1.13 bits per heavy atom. The number of carbonyl (C=O) groups excluding carboxylic acids is 1. The quantitative estimate of drug-likeness (QED) is 0.662. The van der Waals surface area contributed by atoms with E-state index in [0.29, 0.717) is 19.5 Å². The van der Waals surface area contributed by atoms with Crippen LogP contribution in [0.25, 0.3) is 9.88 Å². The lowest BCUT2D eigenvalue weighted by Gasteiger charge is -2.20. The van der Waals surface area contributed by atoms with Gasteiger partial charge in [-0.05, 0) is 23.9 Å². The molecule has 0 aliphatic rings. The van der Waals surface area contributed by atoms with Crippen LogP contribution in [0.5, 0.6) is 0 Å². The first kappa shape index (κ1) is 15.9. The number of hydrogen-bond donors (Lipinski definition) is 0. The number of rotatable bonds is 6. The molecule has 3 rings (SSSR count). The number of thiophene rings is 1. The number of thiazole rings is 1. The predicted octanol–water partition coefficient (Wildman–Crippen LogP) is 4.46. The minimum absolute atomic E-state index is 0.124. The monoisotopic (exact) mass is 342 g/mol. The largest absolute Gasteiger partial charge is 0.338 e. The van der Waals surface area contributed by atoms with Crippen molar-refractivity contribution in [3.63, 3.8) is 0 Å². The van der Waals surface area contributed by atoms with Crippen LogP contribution in [-0.4, -0.2) is 22.3 Å². The Morgan fingerprint density at radius 2 is 1.96 bits per heavy atom. The lowest BCUT2D eigenvalue weighted by atomic mass is 10.2. The van der Waals surface area contributed by atoms with Crippen molar-refractivity contribution in [3.8, 4) is 9.88 Å². The Morgan fingerprint density at radius 3 is 2.65 bits per heavy atom. The molecule has 1 aromatic carbocycles. The summed E-state index contributed by atoms with van der Waals surface area (Å²) in [5, 5.41) is 5.03. The summed E-state index contributed by atoms with van der Waals surface area (Å²) in [7, 11) is 0. The van der Waals surface area contributed by atoms with Gasteiger partial charge in [0.15, 0.2) is 0 Å². The van der Waals surface area contributed by atoms with Crippen LogP contribution in [0.1, 0.15) is 18.2 Å². The summed E-state index contributed by atoms with van der Waals surface area (Å²) in [6.45, 7) is 3.37. The Hall–Kier alpha value is -1.98. The van der Waals surface area contributed by atoms with E-state index >= 15 is 0 Å². The summed E-state index contributed by atoms with van der Waals surface area (Å²) in [5.41, 5.74) is 2.01. The number of carbonyl (C=O) groups is 1. The first-order valence-electron chi connectivity index (χ1n) is 7.56. The molecule has 0 spiro atoms. The molecule has 0 aliphatic heterocycles. The van der Waals surface area contributed by atoms with Crippen molar-refractivity contribution in [1.82, 2.24) is 9.88 Å². The summed E-state index contributed by atoms with van der Waals surface area (Å²) in [5.74, 6) is 0.124. The van der Waals surface area contributed by atoms with Crippen LogP contribution in [-0.2, 0) is 17.8 Å². The summed E-state index contributed by atoms with van der Waals surface area (Å²) in [6.07, 6.45) is 0.364. The van der Waals surface area contributed by atoms with E-state index in [4.69, 9.17) is 0 Å². The standard InChI is InChI=1S/C18H18N2OS2/c1-2-20(12-14-7-4-3-5-8-14)17(21)11-15-13-23-18(19-15)16-9-6-10-22-16/h3-10,13H,2,11-12H2,1H3. The number of benzene rings is 1. The summed E-state index contributed by atoms with van der Waals surface area (Å²) >= 11 is 3.27. The van der Waals surface area contributed by atoms with Gasteiger partial charge in [0.2, 0.25) is 5.91 Å². The van der Waals surface area contributed by atoms with Gasteiger partial charge in [0.05, 0.1) is 17.0 Å². The second-order valence-corrected chi connectivity index (χ2v) is 7.00. The molecule has 0 atom stereocenters. The maximum Gasteiger partial charge on any atom is 0.228 e. The zero-order valence-electron chi connectivity index (χ0n) is 12.9. The van der Waals surface area contributed by atoms with E-state index in [0.717, 1.165) is 21.1 Å². The molecule has 0 fully saturated rings. The van der Waals surface area contributed by atoms with Gasteiger partial charge in [-0.15, -0.1) is 22.7 Å². The molecule has 23 heavy (non-hydrogen) atoms. The zero-order valence-corrected chi connectivity index (χ0v) is 14.6. The highest BCUT2D eigenvalue weighted by Crippen LogP contribution is 2.28. The number of aromatic nitrogens is 1. The van der Waals surface area contributed by atoms with Gasteiger partial charge in [0.1, 0.15) is 5.01 Å². The number of nitrogens with zero attached hydrogens (tertiary/aromatic N) is 2. The first-order chi connectivity index (χ1) is 11.3. The van der Waals surface area contributed by atoms with Gasteiger partial charge < -0.3 is 4.90 Å². The van der Waals surface area contributed by atoms with Crippen LogP contribution >= 0.6 is 22.7 Å². The molecule has 5 heteroatoms. The highest BCUT2D eigenvalue weighted by atomic mass is 32.1. The van der Waals surface area contributed by atoms with Crippen LogP contribution in [0.4, 0.5) is 0 Å². The fourth-order valence-corrected chi connectivity index (χ4v) is 3.98. The van der Waals surface area contributed by atoms with Gasteiger partial charge in [0.25, 0.3) is 0 Å². The van der Waals surface area contributed by atoms with E-state index < -0.39 is 0 Å². The third-order valence-electron chi connectivity index (χ3n) is 3.57. The van der Waals surface area contributed by atoms with E-state index in [2.05, 4.69) is 11.1 Å². The van der Waals surface area contributed by atoms with Crippen molar-refractivity contribution in [2.24, 2.45) is 0 Å². The molecule has 0 bridgehead atoms. The average Bonchev–Trinajstić information content (AvgIpc) is 3.24. The van der Waals surface area contributed by atoms with Crippen molar-refractivity contribution in [2.75, 3.05) is 6.54 Å². The van der Waals surface area contributed by atoms with E-state index in [1.54, 1.807) is 22.7 Å². The molecule has 0 unspecified atom stereocenters. The van der Waals surface area contributed by atoms with Crippen molar-refractivity contribution in [1.29, 1.82) is 0 Å². The molecule has 0 radical (unpaired) electrons. The van der Waals surface area contributed by atoms with Gasteiger partial charge in [-0.25, -0.2) is 4.98 Å². The topological polar surface area (TPSA) is 33.2 Å². The molecule has 1 amide bonds. The second-order valence-electron chi connectivity index (χ2n) is 5.19. The number of likely N-dealkylation sites (N-methyl/N-ethyl adjacent to an activating group) is 1. The fourth-order valence-electron chi connectivity index (χ4n) is 2.35. The van der Waals surface area contributed by atoms with Crippen LogP contribution in [0.2, 0.25) is 0 Å². The SMILES string of the molecule is CCN(Cc1ccccc1)C(=O)Cc1csc(-c2cccs2)n1. The minimum Gasteiger partial charge on any atom is -0.338 e. The minimum atomic E-state index is 0.124. The van der Waals surface area contributed by atoms with E-state index in [-0.39, 0.29) is 5.91 Å². The fraction of sp³-hybridized carbons (Fsp3) is 0.222.